The van der Waals surface area contributed by atoms with Gasteiger partial charge in [0.05, 0.1) is 19.8 Å². The summed E-state index contributed by atoms with van der Waals surface area (Å²) in [4.78, 5) is 0. The monoisotopic (exact) mass is 273 g/mol. The molecule has 0 rings (SSSR count). The molecule has 115 valence electrons. The Kier molecular flexibility index (Phi) is 17.8. The zero-order valence-electron chi connectivity index (χ0n) is 12.7. The van der Waals surface area contributed by atoms with Crippen LogP contribution >= 0.6 is 0 Å². The van der Waals surface area contributed by atoms with E-state index in [1.54, 1.807) is 0 Å². The first-order chi connectivity index (χ1) is 9.41. The van der Waals surface area contributed by atoms with Crippen molar-refractivity contribution in [2.45, 2.75) is 71.1 Å². The number of hydrogen-bond acceptors (Lipinski definition) is 3. The topological polar surface area (TPSA) is 38.7 Å². The van der Waals surface area contributed by atoms with Crippen LogP contribution in [-0.4, -0.2) is 31.5 Å². The molecule has 3 heteroatoms. The lowest BCUT2D eigenvalue weighted by Gasteiger charge is -2.04. The molecule has 1 radical (unpaired) electrons. The Morgan fingerprint density at radius 2 is 1.42 bits per heavy atom. The predicted octanol–water partition coefficient (Wildman–Crippen LogP) is 4.09. The van der Waals surface area contributed by atoms with Crippen LogP contribution < -0.4 is 0 Å². The van der Waals surface area contributed by atoms with Crippen molar-refractivity contribution in [2.24, 2.45) is 0 Å². The van der Waals surface area contributed by atoms with Crippen molar-refractivity contribution in [3.63, 3.8) is 0 Å². The number of aliphatic hydroxyl groups excluding tert-OH is 1. The molecule has 0 aromatic heterocycles. The Balaban J connectivity index is 2.88. The van der Waals surface area contributed by atoms with Crippen LogP contribution in [0.1, 0.15) is 71.1 Å². The lowest BCUT2D eigenvalue weighted by molar-refractivity contribution is 0.125. The van der Waals surface area contributed by atoms with Gasteiger partial charge in [-0.3, -0.25) is 0 Å². The summed E-state index contributed by atoms with van der Waals surface area (Å²) < 4.78 is 10.7. The van der Waals surface area contributed by atoms with Gasteiger partial charge in [0.25, 0.3) is 0 Å². The van der Waals surface area contributed by atoms with Crippen molar-refractivity contribution in [1.29, 1.82) is 0 Å². The van der Waals surface area contributed by atoms with Crippen LogP contribution in [0.4, 0.5) is 0 Å². The zero-order valence-corrected chi connectivity index (χ0v) is 12.7. The summed E-state index contributed by atoms with van der Waals surface area (Å²) in [6.07, 6.45) is 12.3. The first-order valence-electron chi connectivity index (χ1n) is 8.03. The Labute approximate surface area is 119 Å². The van der Waals surface area contributed by atoms with Crippen molar-refractivity contribution in [1.82, 2.24) is 0 Å². The van der Waals surface area contributed by atoms with E-state index in [2.05, 4.69) is 6.92 Å². The molecule has 0 aliphatic carbocycles. The van der Waals surface area contributed by atoms with Gasteiger partial charge < -0.3 is 14.6 Å². The Bertz CT molecular complexity index is 135. The maximum absolute atomic E-state index is 8.51. The molecule has 3 nitrogen and oxygen atoms in total. The van der Waals surface area contributed by atoms with Gasteiger partial charge in [-0.25, -0.2) is 0 Å². The van der Waals surface area contributed by atoms with Crippen molar-refractivity contribution in [3.05, 3.63) is 6.61 Å². The summed E-state index contributed by atoms with van der Waals surface area (Å²) in [7, 11) is 0. The summed E-state index contributed by atoms with van der Waals surface area (Å²) >= 11 is 0. The van der Waals surface area contributed by atoms with Gasteiger partial charge in [-0.2, -0.15) is 0 Å². The molecule has 0 aromatic carbocycles. The van der Waals surface area contributed by atoms with Gasteiger partial charge in [0, 0.05) is 13.2 Å². The van der Waals surface area contributed by atoms with Gasteiger partial charge in [0.2, 0.25) is 0 Å². The van der Waals surface area contributed by atoms with Crippen molar-refractivity contribution in [2.75, 3.05) is 26.4 Å². The van der Waals surface area contributed by atoms with Crippen molar-refractivity contribution >= 4 is 0 Å². The minimum absolute atomic E-state index is 0.106. The predicted molar refractivity (Wildman–Crippen MR) is 80.0 cm³/mol. The smallest absolute Gasteiger partial charge is 0.0837 e. The van der Waals surface area contributed by atoms with Crippen LogP contribution in [0.2, 0.25) is 0 Å². The Morgan fingerprint density at radius 3 is 2.11 bits per heavy atom. The fourth-order valence-corrected chi connectivity index (χ4v) is 1.91. The highest BCUT2D eigenvalue weighted by atomic mass is 16.5. The highest BCUT2D eigenvalue weighted by molar-refractivity contribution is 4.52. The highest BCUT2D eigenvalue weighted by Gasteiger charge is 1.94. The van der Waals surface area contributed by atoms with E-state index >= 15 is 0 Å². The highest BCUT2D eigenvalue weighted by Crippen LogP contribution is 2.07. The van der Waals surface area contributed by atoms with E-state index in [9.17, 15) is 0 Å². The molecule has 0 spiro atoms. The number of hydrogen-bond donors (Lipinski definition) is 1. The van der Waals surface area contributed by atoms with E-state index < -0.39 is 0 Å². The van der Waals surface area contributed by atoms with Crippen LogP contribution in [0.15, 0.2) is 0 Å². The summed E-state index contributed by atoms with van der Waals surface area (Å²) in [5.74, 6) is 0. The molecule has 19 heavy (non-hydrogen) atoms. The first-order valence-corrected chi connectivity index (χ1v) is 8.03. The average molecular weight is 273 g/mol. The molecule has 0 atom stereocenters. The van der Waals surface area contributed by atoms with Gasteiger partial charge in [-0.15, -0.1) is 0 Å². The number of aliphatic hydroxyl groups is 1. The molecule has 0 fully saturated rings. The lowest BCUT2D eigenvalue weighted by Crippen LogP contribution is -1.97. The molecule has 0 aliphatic rings. The van der Waals surface area contributed by atoms with Gasteiger partial charge in [-0.05, 0) is 19.3 Å². The normalized spacial score (nSPS) is 11.1. The average Bonchev–Trinajstić information content (AvgIpc) is 2.43. The van der Waals surface area contributed by atoms with Crippen LogP contribution in [0.3, 0.4) is 0 Å². The number of ether oxygens (including phenoxy) is 2. The van der Waals surface area contributed by atoms with Gasteiger partial charge in [0.15, 0.2) is 0 Å². The van der Waals surface area contributed by atoms with E-state index in [4.69, 9.17) is 14.6 Å². The second-order valence-electron chi connectivity index (χ2n) is 4.99. The fourth-order valence-electron chi connectivity index (χ4n) is 1.91. The quantitative estimate of drug-likeness (QED) is 0.430. The molecule has 0 amide bonds. The lowest BCUT2D eigenvalue weighted by atomic mass is 10.1. The molecule has 1 N–H and O–H groups in total. The molecular formula is C16H33O3. The van der Waals surface area contributed by atoms with Gasteiger partial charge in [-0.1, -0.05) is 51.9 Å². The maximum Gasteiger partial charge on any atom is 0.0837 e. The molecule has 0 unspecified atom stereocenters. The van der Waals surface area contributed by atoms with E-state index in [0.29, 0.717) is 6.61 Å². The first kappa shape index (κ1) is 18.9. The van der Waals surface area contributed by atoms with Crippen LogP contribution in [0.25, 0.3) is 0 Å². The zero-order chi connectivity index (χ0) is 14.0. The van der Waals surface area contributed by atoms with Crippen molar-refractivity contribution < 1.29 is 14.6 Å². The molecular weight excluding hydrogens is 240 g/mol. The van der Waals surface area contributed by atoms with E-state index in [1.807, 2.05) is 6.61 Å². The summed E-state index contributed by atoms with van der Waals surface area (Å²) in [6, 6.07) is 0. The van der Waals surface area contributed by atoms with Gasteiger partial charge in [0.1, 0.15) is 0 Å². The van der Waals surface area contributed by atoms with E-state index in [0.717, 1.165) is 19.6 Å². The van der Waals surface area contributed by atoms with Crippen LogP contribution in [0, 0.1) is 6.61 Å². The molecule has 0 bridgehead atoms. The minimum atomic E-state index is 0.106. The van der Waals surface area contributed by atoms with Crippen molar-refractivity contribution in [3.8, 4) is 0 Å². The largest absolute Gasteiger partial charge is 0.394 e. The third-order valence-corrected chi connectivity index (χ3v) is 3.08. The maximum atomic E-state index is 8.51. The molecule has 0 saturated carbocycles. The second kappa shape index (κ2) is 17.9. The summed E-state index contributed by atoms with van der Waals surface area (Å²) in [5, 5.41) is 8.51. The molecule has 0 aromatic rings. The summed E-state index contributed by atoms with van der Waals surface area (Å²) in [5.41, 5.74) is 0. The van der Waals surface area contributed by atoms with E-state index in [1.165, 1.54) is 57.8 Å². The Morgan fingerprint density at radius 1 is 0.789 bits per heavy atom. The van der Waals surface area contributed by atoms with E-state index in [-0.39, 0.29) is 6.61 Å². The number of rotatable bonds is 16. The fraction of sp³-hybridized carbons (Fsp3) is 0.938. The van der Waals surface area contributed by atoms with Gasteiger partial charge >= 0.3 is 0 Å². The standard InChI is InChI=1S/C16H33O3/c1-2-3-4-9-13-18-14-10-7-5-6-8-11-15-19-16-12-17/h15,17H,2-14,16H2,1H3. The minimum Gasteiger partial charge on any atom is -0.394 e. The second-order valence-corrected chi connectivity index (χ2v) is 4.99. The molecule has 0 heterocycles. The third kappa shape index (κ3) is 17.9. The van der Waals surface area contributed by atoms with Crippen LogP contribution in [-0.2, 0) is 9.47 Å². The SMILES string of the molecule is CCCCCCOCCCCCCC[CH]OCCO. The Hall–Kier alpha value is -0.120. The molecule has 0 saturated heterocycles. The molecule has 0 aliphatic heterocycles. The summed E-state index contributed by atoms with van der Waals surface area (Å²) in [6.45, 7) is 6.45. The number of unbranched alkanes of at least 4 members (excludes halogenated alkanes) is 8. The third-order valence-electron chi connectivity index (χ3n) is 3.08. The van der Waals surface area contributed by atoms with Crippen LogP contribution in [0.5, 0.6) is 0 Å².